The van der Waals surface area contributed by atoms with Gasteiger partial charge in [0.15, 0.2) is 0 Å². The maximum atomic E-state index is 11.9. The lowest BCUT2D eigenvalue weighted by Crippen LogP contribution is -2.40. The Labute approximate surface area is 421 Å². The minimum Gasteiger partial charge on any atom is -0.480 e. The molecule has 73 heavy (non-hydrogen) atoms. The molecule has 4 aliphatic rings. The van der Waals surface area contributed by atoms with E-state index >= 15 is 0 Å². The first kappa shape index (κ1) is 60.3. The van der Waals surface area contributed by atoms with Crippen molar-refractivity contribution in [2.75, 3.05) is 52.4 Å². The van der Waals surface area contributed by atoms with Gasteiger partial charge in [-0.3, -0.25) is 67.4 Å². The Morgan fingerprint density at radius 2 is 0.712 bits per heavy atom. The summed E-state index contributed by atoms with van der Waals surface area (Å²) >= 11 is 5.15. The monoisotopic (exact) mass is 1030 g/mol. The van der Waals surface area contributed by atoms with E-state index in [1.807, 2.05) is 13.8 Å². The molecular weight excluding hydrogens is 980 g/mol. The number of nitrogens with zero attached hydrogens (tertiary/aromatic N) is 3. The Morgan fingerprint density at radius 3 is 0.945 bits per heavy atom. The number of nitrogens with two attached hydrogens (primary N) is 3. The summed E-state index contributed by atoms with van der Waals surface area (Å²) in [4.78, 5) is 146. The number of ether oxygens (including phenoxy) is 1. The first-order chi connectivity index (χ1) is 34.6. The average molecular weight is 1030 g/mol. The highest BCUT2D eigenvalue weighted by Gasteiger charge is 2.38. The number of carboxylic acids is 2. The van der Waals surface area contributed by atoms with Crippen molar-refractivity contribution in [3.63, 3.8) is 0 Å². The highest BCUT2D eigenvalue weighted by Crippen LogP contribution is 2.24. The zero-order valence-electron chi connectivity index (χ0n) is 39.5. The summed E-state index contributed by atoms with van der Waals surface area (Å²) in [5.41, 5.74) is 17.0. The molecule has 386 valence electrons. The minimum absolute atomic E-state index is 0.0911. The van der Waals surface area contributed by atoms with Gasteiger partial charge in [0.05, 0.1) is 57.6 Å². The Kier molecular flexibility index (Phi) is 24.8. The molecular formula is C48H51ClN8O16. The topological polar surface area (TPSA) is 383 Å². The van der Waals surface area contributed by atoms with Crippen molar-refractivity contribution in [1.82, 2.24) is 25.3 Å². The summed E-state index contributed by atoms with van der Waals surface area (Å²) in [7, 11) is 0. The van der Waals surface area contributed by atoms with Crippen LogP contribution >= 0.6 is 11.6 Å². The second-order valence-corrected chi connectivity index (χ2v) is 14.7. The van der Waals surface area contributed by atoms with E-state index < -0.39 is 71.1 Å². The van der Waals surface area contributed by atoms with Gasteiger partial charge in [-0.1, -0.05) is 55.5 Å². The number of halogens is 1. The smallest absolute Gasteiger partial charge is 0.346 e. The number of imide groups is 3. The standard InChI is InChI=1S/C12H12N2O3.C10H6ClNO3.C10H7NO4.C8H4O3.C4H10N2O.C2H5NO2.C2H7N/c1-2-13-10(15)7-14-11(16)8-5-3-4-6-9(8)12(14)17;11-8(13)5-12-9(14)6-3-1-2-4-7(6)10(12)15;12-8(13)5-11-9(14)6-3-1-2-4-7(6)10(11)15;9-7-5-3-1-2-4-6(5)8(10)11-7;1-2-6-4(7)3-5;3-1-2(4)5;1-2-3/h3-6H,2,7H2,1H3,(H,13,15);1-4H,5H2;1-4H,5H2,(H,12,13);1-4H;2-3,5H2,1H3,(H,6,7);1,3H2,(H,4,5);2-3H2,1H3. The number of esters is 2. The van der Waals surface area contributed by atoms with Gasteiger partial charge in [-0.15, -0.1) is 0 Å². The molecule has 4 heterocycles. The highest BCUT2D eigenvalue weighted by molar-refractivity contribution is 6.64. The van der Waals surface area contributed by atoms with Crippen molar-refractivity contribution < 1.29 is 77.3 Å². The van der Waals surface area contributed by atoms with Crippen molar-refractivity contribution in [2.45, 2.75) is 20.8 Å². The van der Waals surface area contributed by atoms with Crippen LogP contribution in [-0.2, 0) is 28.7 Å². The van der Waals surface area contributed by atoms with E-state index in [9.17, 15) is 62.3 Å². The maximum Gasteiger partial charge on any atom is 0.346 e. The number of carbonyl (C=O) groups excluding carboxylic acids is 11. The second kappa shape index (κ2) is 30.0. The molecule has 4 aromatic carbocycles. The van der Waals surface area contributed by atoms with E-state index in [4.69, 9.17) is 33.3 Å². The summed E-state index contributed by atoms with van der Waals surface area (Å²) in [6.45, 7) is 6.04. The van der Waals surface area contributed by atoms with Crippen molar-refractivity contribution in [2.24, 2.45) is 17.2 Å². The van der Waals surface area contributed by atoms with E-state index in [-0.39, 0.29) is 49.1 Å². The fraction of sp³-hybridized carbons (Fsp3) is 0.229. The predicted octanol–water partition coefficient (Wildman–Crippen LogP) is 0.907. The SMILES string of the molecule is CCN.CCNC(=O)CN.CCNC(=O)CN1C(=O)c2ccccc2C1=O.NCC(=O)O.O=C(Cl)CN1C(=O)c2ccccc2C1=O.O=C(O)CN1C(=O)c2ccccc2C1=O.O=C1OC(=O)c2ccccc21. The number of hydrogen-bond donors (Lipinski definition) is 7. The molecule has 4 aromatic rings. The normalized spacial score (nSPS) is 12.8. The Balaban J connectivity index is 0.000000307. The third kappa shape index (κ3) is 17.2. The number of benzene rings is 4. The van der Waals surface area contributed by atoms with Crippen LogP contribution in [0.15, 0.2) is 97.1 Å². The third-order valence-electron chi connectivity index (χ3n) is 9.17. The Hall–Kier alpha value is -8.84. The first-order valence-corrected chi connectivity index (χ1v) is 22.0. The molecule has 0 atom stereocenters. The average Bonchev–Trinajstić information content (AvgIpc) is 3.98. The van der Waals surface area contributed by atoms with Crippen LogP contribution in [0.4, 0.5) is 0 Å². The van der Waals surface area contributed by atoms with E-state index in [2.05, 4.69) is 21.1 Å². The number of carboxylic acid groups (broad SMARTS) is 2. The molecule has 0 aliphatic carbocycles. The summed E-state index contributed by atoms with van der Waals surface area (Å²) in [6, 6.07) is 25.8. The van der Waals surface area contributed by atoms with Crippen LogP contribution in [0.1, 0.15) is 104 Å². The van der Waals surface area contributed by atoms with Gasteiger partial charge in [0.2, 0.25) is 17.1 Å². The number of carbonyl (C=O) groups is 13. The molecule has 0 saturated heterocycles. The van der Waals surface area contributed by atoms with E-state index in [1.165, 1.54) is 12.1 Å². The molecule has 10 N–H and O–H groups in total. The largest absolute Gasteiger partial charge is 0.480 e. The molecule has 0 bridgehead atoms. The van der Waals surface area contributed by atoms with Crippen molar-refractivity contribution >= 4 is 88.0 Å². The molecule has 8 amide bonds. The minimum atomic E-state index is -1.20. The quantitative estimate of drug-likeness (QED) is 0.0502. The molecule has 25 heteroatoms. The molecule has 0 unspecified atom stereocenters. The zero-order chi connectivity index (χ0) is 54.9. The van der Waals surface area contributed by atoms with Crippen molar-refractivity contribution in [3.05, 3.63) is 142 Å². The van der Waals surface area contributed by atoms with E-state index in [0.717, 1.165) is 21.2 Å². The number of rotatable bonds is 10. The fourth-order valence-corrected chi connectivity index (χ4v) is 6.23. The number of nitrogens with one attached hydrogen (secondary N) is 2. The molecule has 0 aromatic heterocycles. The molecule has 4 aliphatic heterocycles. The van der Waals surface area contributed by atoms with Crippen LogP contribution < -0.4 is 27.8 Å². The van der Waals surface area contributed by atoms with E-state index in [0.29, 0.717) is 46.5 Å². The van der Waals surface area contributed by atoms with Gasteiger partial charge < -0.3 is 42.8 Å². The number of cyclic esters (lactones) is 2. The fourth-order valence-electron chi connectivity index (χ4n) is 6.11. The van der Waals surface area contributed by atoms with Gasteiger partial charge in [0.25, 0.3) is 35.4 Å². The van der Waals surface area contributed by atoms with Crippen LogP contribution in [0, 0.1) is 0 Å². The van der Waals surface area contributed by atoms with Gasteiger partial charge in [-0.2, -0.15) is 0 Å². The van der Waals surface area contributed by atoms with Gasteiger partial charge in [0, 0.05) is 13.1 Å². The highest BCUT2D eigenvalue weighted by atomic mass is 35.5. The summed E-state index contributed by atoms with van der Waals surface area (Å²) in [6.07, 6.45) is 0. The van der Waals surface area contributed by atoms with Crippen molar-refractivity contribution in [1.29, 1.82) is 0 Å². The number of hydrogen-bond acceptors (Lipinski definition) is 17. The van der Waals surface area contributed by atoms with Crippen LogP contribution in [0.2, 0.25) is 0 Å². The van der Waals surface area contributed by atoms with E-state index in [1.54, 1.807) is 91.9 Å². The number of likely N-dealkylation sites (N-methyl/N-ethyl adjacent to an activating group) is 2. The van der Waals surface area contributed by atoms with Crippen LogP contribution in [0.25, 0.3) is 0 Å². The molecule has 0 fully saturated rings. The van der Waals surface area contributed by atoms with Crippen LogP contribution in [0.3, 0.4) is 0 Å². The van der Waals surface area contributed by atoms with Gasteiger partial charge in [0.1, 0.15) is 19.6 Å². The lowest BCUT2D eigenvalue weighted by atomic mass is 10.1. The number of aliphatic carboxylic acids is 2. The number of fused-ring (bicyclic) bond motifs is 4. The van der Waals surface area contributed by atoms with Crippen LogP contribution in [0.5, 0.6) is 0 Å². The zero-order valence-corrected chi connectivity index (χ0v) is 40.2. The van der Waals surface area contributed by atoms with Gasteiger partial charge >= 0.3 is 23.9 Å². The first-order valence-electron chi connectivity index (χ1n) is 21.6. The van der Waals surface area contributed by atoms with Gasteiger partial charge in [-0.25, -0.2) is 9.59 Å². The lowest BCUT2D eigenvalue weighted by molar-refractivity contribution is -0.137. The molecule has 8 rings (SSSR count). The molecule has 0 saturated carbocycles. The third-order valence-corrected chi connectivity index (χ3v) is 9.29. The summed E-state index contributed by atoms with van der Waals surface area (Å²) in [5.74, 6) is -6.53. The molecule has 0 radical (unpaired) electrons. The Morgan fingerprint density at radius 1 is 0.452 bits per heavy atom. The molecule has 0 spiro atoms. The second-order valence-electron chi connectivity index (χ2n) is 14.3. The molecule has 24 nitrogen and oxygen atoms in total. The number of amides is 8. The summed E-state index contributed by atoms with van der Waals surface area (Å²) in [5, 5.41) is 20.5. The Bertz CT molecular complexity index is 2540. The van der Waals surface area contributed by atoms with Crippen molar-refractivity contribution in [3.8, 4) is 0 Å². The van der Waals surface area contributed by atoms with Gasteiger partial charge in [-0.05, 0) is 80.5 Å². The lowest BCUT2D eigenvalue weighted by Gasteiger charge is -2.12. The predicted molar refractivity (Wildman–Crippen MR) is 258 cm³/mol. The summed E-state index contributed by atoms with van der Waals surface area (Å²) < 4.78 is 4.35. The van der Waals surface area contributed by atoms with Crippen LogP contribution in [-0.4, -0.2) is 154 Å². The maximum absolute atomic E-state index is 11.9.